The number of rotatable bonds is 6. The van der Waals surface area contributed by atoms with Gasteiger partial charge in [-0.3, -0.25) is 4.98 Å². The summed E-state index contributed by atoms with van der Waals surface area (Å²) in [5, 5.41) is 0.653. The third kappa shape index (κ3) is 4.17. The Balaban J connectivity index is 1.97. The fraction of sp³-hybridized carbons (Fsp3) is 0.353. The predicted octanol–water partition coefficient (Wildman–Crippen LogP) is 4.67. The lowest BCUT2D eigenvalue weighted by atomic mass is 10.1. The fourth-order valence-electron chi connectivity index (χ4n) is 2.46. The second-order valence-electron chi connectivity index (χ2n) is 7.14. The molecular formula is C17H19Cl2N3O3Si. The molecule has 9 heteroatoms. The monoisotopic (exact) mass is 411 g/mol. The van der Waals surface area contributed by atoms with Crippen molar-refractivity contribution >= 4 is 42.4 Å². The van der Waals surface area contributed by atoms with Crippen LogP contribution < -0.4 is 5.76 Å². The predicted molar refractivity (Wildman–Crippen MR) is 106 cm³/mol. The van der Waals surface area contributed by atoms with Gasteiger partial charge in [0.25, 0.3) is 0 Å². The number of oxazole rings is 1. The lowest BCUT2D eigenvalue weighted by Gasteiger charge is -2.15. The van der Waals surface area contributed by atoms with E-state index in [1.54, 1.807) is 18.3 Å². The highest BCUT2D eigenvalue weighted by Crippen LogP contribution is 2.32. The molecule has 0 saturated carbocycles. The number of benzene rings is 1. The Labute approximate surface area is 161 Å². The first-order valence-corrected chi connectivity index (χ1v) is 12.6. The smallest absolute Gasteiger partial charge is 0.407 e. The first-order chi connectivity index (χ1) is 12.3. The van der Waals surface area contributed by atoms with E-state index in [4.69, 9.17) is 32.4 Å². The Morgan fingerprint density at radius 1 is 1.23 bits per heavy atom. The van der Waals surface area contributed by atoms with Crippen molar-refractivity contribution in [2.24, 2.45) is 0 Å². The van der Waals surface area contributed by atoms with E-state index in [-0.39, 0.29) is 11.9 Å². The van der Waals surface area contributed by atoms with Crippen LogP contribution >= 0.6 is 23.2 Å². The van der Waals surface area contributed by atoms with Crippen molar-refractivity contribution < 1.29 is 9.15 Å². The molecule has 3 rings (SSSR count). The summed E-state index contributed by atoms with van der Waals surface area (Å²) < 4.78 is 12.5. The number of nitrogens with zero attached hydrogens (tertiary/aromatic N) is 3. The average Bonchev–Trinajstić information content (AvgIpc) is 2.88. The molecule has 0 spiro atoms. The summed E-state index contributed by atoms with van der Waals surface area (Å²) in [6.45, 7) is 7.48. The first kappa shape index (κ1) is 19.1. The van der Waals surface area contributed by atoms with Crippen molar-refractivity contribution in [1.82, 2.24) is 14.5 Å². The Kier molecular flexibility index (Phi) is 5.52. The summed E-state index contributed by atoms with van der Waals surface area (Å²) >= 11 is 12.2. The van der Waals surface area contributed by atoms with E-state index in [2.05, 4.69) is 29.6 Å². The molecule has 138 valence electrons. The maximum absolute atomic E-state index is 12.3. The lowest BCUT2D eigenvalue weighted by molar-refractivity contribution is 0.0850. The highest BCUT2D eigenvalue weighted by atomic mass is 35.5. The molecule has 0 unspecified atom stereocenters. The minimum absolute atomic E-state index is 0.0840. The molecule has 0 fully saturated rings. The van der Waals surface area contributed by atoms with Gasteiger partial charge >= 0.3 is 5.76 Å². The minimum atomic E-state index is -1.21. The van der Waals surface area contributed by atoms with Crippen LogP contribution in [0.5, 0.6) is 0 Å². The largest absolute Gasteiger partial charge is 0.421 e. The molecule has 0 aliphatic heterocycles. The Morgan fingerprint density at radius 3 is 2.69 bits per heavy atom. The van der Waals surface area contributed by atoms with Crippen LogP contribution in [0.2, 0.25) is 35.9 Å². The van der Waals surface area contributed by atoms with Gasteiger partial charge in [-0.25, -0.2) is 14.3 Å². The van der Waals surface area contributed by atoms with Gasteiger partial charge in [-0.1, -0.05) is 42.8 Å². The molecule has 0 saturated heterocycles. The zero-order valence-electron chi connectivity index (χ0n) is 14.8. The van der Waals surface area contributed by atoms with Gasteiger partial charge in [0, 0.05) is 20.2 Å². The van der Waals surface area contributed by atoms with E-state index in [1.807, 2.05) is 0 Å². The van der Waals surface area contributed by atoms with Crippen molar-refractivity contribution in [3.63, 3.8) is 0 Å². The number of hydrogen-bond acceptors (Lipinski definition) is 5. The van der Waals surface area contributed by atoms with Gasteiger partial charge in [0.2, 0.25) is 0 Å². The van der Waals surface area contributed by atoms with Gasteiger partial charge in [0.05, 0.1) is 23.1 Å². The van der Waals surface area contributed by atoms with Crippen molar-refractivity contribution in [3.8, 4) is 11.3 Å². The van der Waals surface area contributed by atoms with Crippen LogP contribution in [0.1, 0.15) is 0 Å². The summed E-state index contributed by atoms with van der Waals surface area (Å²) in [6.07, 6.45) is 2.99. The number of hydrogen-bond donors (Lipinski definition) is 0. The van der Waals surface area contributed by atoms with E-state index >= 15 is 0 Å². The van der Waals surface area contributed by atoms with Gasteiger partial charge in [0.1, 0.15) is 17.4 Å². The Hall–Kier alpha value is -1.67. The molecule has 0 radical (unpaired) electrons. The number of ether oxygens (including phenoxy) is 1. The molecule has 2 aromatic heterocycles. The summed E-state index contributed by atoms with van der Waals surface area (Å²) in [6, 6.07) is 4.42. The van der Waals surface area contributed by atoms with Crippen molar-refractivity contribution in [1.29, 1.82) is 0 Å². The van der Waals surface area contributed by atoms with Gasteiger partial charge in [0.15, 0.2) is 5.58 Å². The van der Waals surface area contributed by atoms with Crippen molar-refractivity contribution in [3.05, 3.63) is 45.3 Å². The maximum atomic E-state index is 12.3. The van der Waals surface area contributed by atoms with E-state index < -0.39 is 13.8 Å². The summed E-state index contributed by atoms with van der Waals surface area (Å²) in [5.41, 5.74) is 1.91. The third-order valence-corrected chi connectivity index (χ3v) is 6.05. The SMILES string of the molecule is C[Si](C)(C)CCOCn1c(=O)oc2c(-c3cncc(Cl)n3)ccc(Cl)c21. The molecule has 0 aliphatic rings. The van der Waals surface area contributed by atoms with Gasteiger partial charge in [-0.15, -0.1) is 0 Å². The van der Waals surface area contributed by atoms with E-state index in [1.165, 1.54) is 10.8 Å². The van der Waals surface area contributed by atoms with Crippen LogP contribution in [-0.4, -0.2) is 29.2 Å². The second-order valence-corrected chi connectivity index (χ2v) is 13.6. The molecule has 26 heavy (non-hydrogen) atoms. The molecule has 0 atom stereocenters. The summed E-state index contributed by atoms with van der Waals surface area (Å²) in [7, 11) is -1.21. The zero-order valence-corrected chi connectivity index (χ0v) is 17.3. The molecule has 1 aromatic carbocycles. The zero-order chi connectivity index (χ0) is 18.9. The molecule has 6 nitrogen and oxygen atoms in total. The molecular weight excluding hydrogens is 393 g/mol. The van der Waals surface area contributed by atoms with E-state index in [0.717, 1.165) is 6.04 Å². The van der Waals surface area contributed by atoms with Crippen LogP contribution in [0.4, 0.5) is 0 Å². The van der Waals surface area contributed by atoms with Crippen molar-refractivity contribution in [2.75, 3.05) is 6.61 Å². The van der Waals surface area contributed by atoms with Gasteiger partial charge < -0.3 is 9.15 Å². The van der Waals surface area contributed by atoms with Crippen molar-refractivity contribution in [2.45, 2.75) is 32.4 Å². The lowest BCUT2D eigenvalue weighted by Crippen LogP contribution is -2.23. The molecule has 0 aliphatic carbocycles. The molecule has 2 heterocycles. The van der Waals surface area contributed by atoms with Crippen LogP contribution in [-0.2, 0) is 11.5 Å². The van der Waals surface area contributed by atoms with Crippen LogP contribution in [0.15, 0.2) is 33.7 Å². The Bertz CT molecular complexity index is 995. The van der Waals surface area contributed by atoms with Gasteiger partial charge in [-0.05, 0) is 18.2 Å². The van der Waals surface area contributed by atoms with Crippen LogP contribution in [0.25, 0.3) is 22.4 Å². The van der Waals surface area contributed by atoms with Gasteiger partial charge in [-0.2, -0.15) is 0 Å². The quantitative estimate of drug-likeness (QED) is 0.435. The average molecular weight is 412 g/mol. The van der Waals surface area contributed by atoms with Crippen LogP contribution in [0.3, 0.4) is 0 Å². The topological polar surface area (TPSA) is 70.2 Å². The second kappa shape index (κ2) is 7.52. The maximum Gasteiger partial charge on any atom is 0.421 e. The number of fused-ring (bicyclic) bond motifs is 1. The number of halogens is 2. The highest BCUT2D eigenvalue weighted by Gasteiger charge is 2.19. The molecule has 0 amide bonds. The summed E-state index contributed by atoms with van der Waals surface area (Å²) in [4.78, 5) is 20.6. The standard InChI is InChI=1S/C17H19Cl2N3O3Si/c1-26(2,3)7-6-24-10-22-15-12(18)5-4-11(16(15)25-17(22)23)13-8-20-9-14(19)21-13/h4-5,8-9H,6-7,10H2,1-3H3. The summed E-state index contributed by atoms with van der Waals surface area (Å²) in [5.74, 6) is -0.530. The normalized spacial score (nSPS) is 12.0. The van der Waals surface area contributed by atoms with E-state index in [0.29, 0.717) is 34.0 Å². The van der Waals surface area contributed by atoms with E-state index in [9.17, 15) is 4.79 Å². The molecule has 0 bridgehead atoms. The first-order valence-electron chi connectivity index (χ1n) is 8.14. The highest BCUT2D eigenvalue weighted by molar-refractivity contribution is 6.76. The third-order valence-electron chi connectivity index (χ3n) is 3.86. The molecule has 0 N–H and O–H groups in total. The minimum Gasteiger partial charge on any atom is -0.407 e. The fourth-order valence-corrected chi connectivity index (χ4v) is 3.62. The molecule has 3 aromatic rings. The van der Waals surface area contributed by atoms with Crippen LogP contribution in [0, 0.1) is 0 Å². The Morgan fingerprint density at radius 2 is 2.00 bits per heavy atom. The number of aromatic nitrogens is 3.